The van der Waals surface area contributed by atoms with Gasteiger partial charge < -0.3 is 0 Å². The Morgan fingerprint density at radius 1 is 1.43 bits per heavy atom. The molecule has 2 rings (SSSR count). The zero-order chi connectivity index (χ0) is 9.97. The second-order valence-electron chi connectivity index (χ2n) is 3.22. The van der Waals surface area contributed by atoms with Gasteiger partial charge in [0.15, 0.2) is 0 Å². The lowest BCUT2D eigenvalue weighted by Gasteiger charge is -2.07. The highest BCUT2D eigenvalue weighted by atomic mass is 35.5. The lowest BCUT2D eigenvalue weighted by Crippen LogP contribution is -1.98. The maximum Gasteiger partial charge on any atom is 0.0689 e. The molecule has 0 saturated heterocycles. The third-order valence-corrected chi connectivity index (χ3v) is 2.42. The van der Waals surface area contributed by atoms with Gasteiger partial charge >= 0.3 is 0 Å². The molecular weight excluding hydrogens is 196 g/mol. The van der Waals surface area contributed by atoms with E-state index in [4.69, 9.17) is 11.6 Å². The van der Waals surface area contributed by atoms with Gasteiger partial charge in [-0.2, -0.15) is 5.10 Å². The number of nitrogens with zero attached hydrogens (tertiary/aromatic N) is 2. The Labute approximate surface area is 88.1 Å². The predicted octanol–water partition coefficient (Wildman–Crippen LogP) is 2.92. The van der Waals surface area contributed by atoms with Crippen LogP contribution in [0.25, 0.3) is 5.69 Å². The molecule has 0 amide bonds. The third kappa shape index (κ3) is 1.66. The highest BCUT2D eigenvalue weighted by Gasteiger charge is 2.03. The molecule has 0 fully saturated rings. The zero-order valence-corrected chi connectivity index (χ0v) is 8.70. The first kappa shape index (κ1) is 9.28. The number of benzene rings is 1. The van der Waals surface area contributed by atoms with Crippen LogP contribution in [0.1, 0.15) is 11.1 Å². The van der Waals surface area contributed by atoms with Crippen molar-refractivity contribution >= 4 is 11.6 Å². The van der Waals surface area contributed by atoms with Gasteiger partial charge in [0, 0.05) is 18.3 Å². The summed E-state index contributed by atoms with van der Waals surface area (Å²) in [5.41, 5.74) is 3.38. The second kappa shape index (κ2) is 3.84. The first-order valence-electron chi connectivity index (χ1n) is 4.47. The van der Waals surface area contributed by atoms with Gasteiger partial charge in [0.2, 0.25) is 0 Å². The van der Waals surface area contributed by atoms with Crippen LogP contribution in [0, 0.1) is 6.92 Å². The molecule has 14 heavy (non-hydrogen) atoms. The summed E-state index contributed by atoms with van der Waals surface area (Å²) in [5, 5.41) is 4.18. The predicted molar refractivity (Wildman–Crippen MR) is 57.9 cm³/mol. The molecule has 0 unspecified atom stereocenters. The van der Waals surface area contributed by atoms with E-state index in [0.29, 0.717) is 5.88 Å². The van der Waals surface area contributed by atoms with E-state index in [1.54, 1.807) is 6.20 Å². The van der Waals surface area contributed by atoms with Crippen molar-refractivity contribution in [2.24, 2.45) is 0 Å². The standard InChI is InChI=1S/C11H11ClN2/c1-9-3-4-11(10(7-9)8-12)14-6-2-5-13-14/h2-7H,8H2,1H3. The molecule has 1 aromatic carbocycles. The summed E-state index contributed by atoms with van der Waals surface area (Å²) in [5.74, 6) is 0.511. The van der Waals surface area contributed by atoms with Crippen molar-refractivity contribution in [2.45, 2.75) is 12.8 Å². The Kier molecular flexibility index (Phi) is 2.55. The van der Waals surface area contributed by atoms with Gasteiger partial charge in [-0.25, -0.2) is 4.68 Å². The van der Waals surface area contributed by atoms with Crippen LogP contribution in [0.5, 0.6) is 0 Å². The van der Waals surface area contributed by atoms with Crippen LogP contribution in [-0.2, 0) is 5.88 Å². The minimum absolute atomic E-state index is 0.511. The van der Waals surface area contributed by atoms with E-state index >= 15 is 0 Å². The molecule has 3 heteroatoms. The van der Waals surface area contributed by atoms with Gasteiger partial charge in [0.05, 0.1) is 5.69 Å². The number of hydrogen-bond donors (Lipinski definition) is 0. The van der Waals surface area contributed by atoms with Crippen molar-refractivity contribution in [3.63, 3.8) is 0 Å². The molecule has 0 radical (unpaired) electrons. The molecule has 0 bridgehead atoms. The van der Waals surface area contributed by atoms with Crippen LogP contribution in [-0.4, -0.2) is 9.78 Å². The zero-order valence-electron chi connectivity index (χ0n) is 7.94. The SMILES string of the molecule is Cc1ccc(-n2cccn2)c(CCl)c1. The van der Waals surface area contributed by atoms with Crippen LogP contribution in [0.2, 0.25) is 0 Å². The van der Waals surface area contributed by atoms with Crippen molar-refractivity contribution in [2.75, 3.05) is 0 Å². The van der Waals surface area contributed by atoms with Gasteiger partial charge in [0.1, 0.15) is 0 Å². The average Bonchev–Trinajstić information content (AvgIpc) is 2.70. The summed E-state index contributed by atoms with van der Waals surface area (Å²) in [7, 11) is 0. The summed E-state index contributed by atoms with van der Waals surface area (Å²) in [6.07, 6.45) is 3.68. The molecule has 0 saturated carbocycles. The summed E-state index contributed by atoms with van der Waals surface area (Å²) in [6, 6.07) is 8.09. The van der Waals surface area contributed by atoms with Crippen LogP contribution < -0.4 is 0 Å². The molecule has 0 atom stereocenters. The fourth-order valence-corrected chi connectivity index (χ4v) is 1.67. The van der Waals surface area contributed by atoms with Crippen molar-refractivity contribution in [1.82, 2.24) is 9.78 Å². The number of halogens is 1. The lowest BCUT2D eigenvalue weighted by molar-refractivity contribution is 0.870. The molecule has 1 heterocycles. The van der Waals surface area contributed by atoms with Crippen molar-refractivity contribution in [1.29, 1.82) is 0 Å². The minimum atomic E-state index is 0.511. The highest BCUT2D eigenvalue weighted by Crippen LogP contribution is 2.17. The number of aromatic nitrogens is 2. The summed E-state index contributed by atoms with van der Waals surface area (Å²) >= 11 is 5.88. The number of alkyl halides is 1. The number of aryl methyl sites for hydroxylation is 1. The molecule has 0 aliphatic heterocycles. The van der Waals surface area contributed by atoms with Gasteiger partial charge in [-0.05, 0) is 24.6 Å². The molecule has 2 nitrogen and oxygen atoms in total. The summed E-state index contributed by atoms with van der Waals surface area (Å²) < 4.78 is 1.83. The largest absolute Gasteiger partial charge is 0.241 e. The molecule has 0 N–H and O–H groups in total. The van der Waals surface area contributed by atoms with E-state index < -0.39 is 0 Å². The van der Waals surface area contributed by atoms with Crippen LogP contribution in [0.15, 0.2) is 36.7 Å². The highest BCUT2D eigenvalue weighted by molar-refractivity contribution is 6.17. The second-order valence-corrected chi connectivity index (χ2v) is 3.48. The Morgan fingerprint density at radius 3 is 2.93 bits per heavy atom. The van der Waals surface area contributed by atoms with Crippen molar-refractivity contribution in [3.05, 3.63) is 47.8 Å². The molecule has 0 spiro atoms. The fourth-order valence-electron chi connectivity index (χ4n) is 1.46. The van der Waals surface area contributed by atoms with Crippen LogP contribution in [0.4, 0.5) is 0 Å². The fraction of sp³-hybridized carbons (Fsp3) is 0.182. The maximum atomic E-state index is 5.88. The topological polar surface area (TPSA) is 17.8 Å². The Hall–Kier alpha value is -1.28. The van der Waals surface area contributed by atoms with Gasteiger partial charge in [0.25, 0.3) is 0 Å². The van der Waals surface area contributed by atoms with Gasteiger partial charge in [-0.15, -0.1) is 11.6 Å². The molecule has 2 aromatic rings. The normalized spacial score (nSPS) is 10.4. The average molecular weight is 207 g/mol. The van der Waals surface area contributed by atoms with E-state index in [1.807, 2.05) is 23.0 Å². The Balaban J connectivity index is 2.53. The molecule has 0 aliphatic rings. The minimum Gasteiger partial charge on any atom is -0.241 e. The first-order valence-corrected chi connectivity index (χ1v) is 5.00. The number of hydrogen-bond acceptors (Lipinski definition) is 1. The third-order valence-electron chi connectivity index (χ3n) is 2.13. The summed E-state index contributed by atoms with van der Waals surface area (Å²) in [6.45, 7) is 2.06. The van der Waals surface area contributed by atoms with Crippen molar-refractivity contribution < 1.29 is 0 Å². The smallest absolute Gasteiger partial charge is 0.0689 e. The maximum absolute atomic E-state index is 5.88. The molecule has 0 aliphatic carbocycles. The molecule has 72 valence electrons. The Morgan fingerprint density at radius 2 is 2.29 bits per heavy atom. The Bertz CT molecular complexity index is 421. The summed E-state index contributed by atoms with van der Waals surface area (Å²) in [4.78, 5) is 0. The van der Waals surface area contributed by atoms with E-state index in [0.717, 1.165) is 11.3 Å². The molecule has 1 aromatic heterocycles. The van der Waals surface area contributed by atoms with Gasteiger partial charge in [-0.1, -0.05) is 17.7 Å². The lowest BCUT2D eigenvalue weighted by atomic mass is 10.1. The van der Waals surface area contributed by atoms with E-state index in [-0.39, 0.29) is 0 Å². The number of rotatable bonds is 2. The van der Waals surface area contributed by atoms with Crippen LogP contribution >= 0.6 is 11.6 Å². The van der Waals surface area contributed by atoms with Crippen molar-refractivity contribution in [3.8, 4) is 5.69 Å². The quantitative estimate of drug-likeness (QED) is 0.691. The molecular formula is C11H11ClN2. The monoisotopic (exact) mass is 206 g/mol. The van der Waals surface area contributed by atoms with Crippen LogP contribution in [0.3, 0.4) is 0 Å². The first-order chi connectivity index (χ1) is 6.81. The van der Waals surface area contributed by atoms with E-state index in [1.165, 1.54) is 5.56 Å². The van der Waals surface area contributed by atoms with Gasteiger partial charge in [-0.3, -0.25) is 0 Å². The van der Waals surface area contributed by atoms with E-state index in [9.17, 15) is 0 Å². The van der Waals surface area contributed by atoms with E-state index in [2.05, 4.69) is 24.2 Å².